The molecule has 0 fully saturated rings. The van der Waals surface area contributed by atoms with E-state index in [1.165, 1.54) is 6.07 Å². The van der Waals surface area contributed by atoms with Crippen LogP contribution in [0.2, 0.25) is 10.0 Å². The molecule has 0 radical (unpaired) electrons. The molecule has 21 heavy (non-hydrogen) atoms. The number of benzene rings is 1. The average Bonchev–Trinajstić information content (AvgIpc) is 2.44. The van der Waals surface area contributed by atoms with Crippen molar-refractivity contribution in [2.45, 2.75) is 19.8 Å². The molecule has 0 aliphatic carbocycles. The van der Waals surface area contributed by atoms with E-state index in [1.54, 1.807) is 0 Å². The smallest absolute Gasteiger partial charge is 0.255 e. The second-order valence-electron chi connectivity index (χ2n) is 4.42. The number of H-pyrrole nitrogens is 2. The van der Waals surface area contributed by atoms with Gasteiger partial charge in [0.25, 0.3) is 5.56 Å². The molecule has 112 valence electrons. The van der Waals surface area contributed by atoms with Crippen LogP contribution in [0.25, 0.3) is 0 Å². The predicted octanol–water partition coefficient (Wildman–Crippen LogP) is 3.30. The summed E-state index contributed by atoms with van der Waals surface area (Å²) in [5, 5.41) is 19.3. The largest absolute Gasteiger partial charge is 0.506 e. The van der Waals surface area contributed by atoms with E-state index in [0.29, 0.717) is 23.2 Å². The summed E-state index contributed by atoms with van der Waals surface area (Å²) in [6.07, 6.45) is 0.680. The van der Waals surface area contributed by atoms with Crippen molar-refractivity contribution in [2.24, 2.45) is 0 Å². The van der Waals surface area contributed by atoms with Crippen molar-refractivity contribution in [3.05, 3.63) is 48.1 Å². The van der Waals surface area contributed by atoms with Crippen molar-refractivity contribution in [1.29, 1.82) is 0 Å². The first-order valence-electron chi connectivity index (χ1n) is 6.08. The zero-order valence-corrected chi connectivity index (χ0v) is 13.3. The molecule has 1 heterocycles. The topological polar surface area (TPSA) is 89.1 Å². The van der Waals surface area contributed by atoms with Gasteiger partial charge in [-0.1, -0.05) is 30.1 Å². The van der Waals surface area contributed by atoms with Gasteiger partial charge in [0.2, 0.25) is 0 Å². The highest BCUT2D eigenvalue weighted by molar-refractivity contribution is 7.71. The minimum absolute atomic E-state index is 0.00569. The number of halogens is 2. The lowest BCUT2D eigenvalue weighted by Gasteiger charge is -2.11. The Balaban J connectivity index is 2.59. The minimum Gasteiger partial charge on any atom is -0.506 e. The third-order valence-electron chi connectivity index (χ3n) is 3.10. The Kier molecular flexibility index (Phi) is 4.61. The average molecular weight is 347 g/mol. The first kappa shape index (κ1) is 15.9. The standard InChI is InChI=1S/C13H12Cl2N2O3S/c1-2-8-6(12(20)17-13(21)16-8)3-5-4-7(14)11(19)9(15)10(5)18/h4,18-19H,2-3H2,1H3,(H2,16,17,20,21). The van der Waals surface area contributed by atoms with Crippen LogP contribution in [-0.4, -0.2) is 20.2 Å². The number of aromatic nitrogens is 2. The maximum Gasteiger partial charge on any atom is 0.255 e. The van der Waals surface area contributed by atoms with Gasteiger partial charge in [-0.2, -0.15) is 0 Å². The van der Waals surface area contributed by atoms with E-state index in [-0.39, 0.29) is 32.5 Å². The van der Waals surface area contributed by atoms with E-state index in [2.05, 4.69) is 9.97 Å². The normalized spacial score (nSPS) is 10.8. The Morgan fingerprint density at radius 2 is 1.90 bits per heavy atom. The molecule has 0 saturated carbocycles. The Morgan fingerprint density at radius 3 is 2.52 bits per heavy atom. The van der Waals surface area contributed by atoms with Crippen LogP contribution < -0.4 is 5.56 Å². The molecule has 2 aromatic rings. The molecule has 0 saturated heterocycles. The van der Waals surface area contributed by atoms with Crippen LogP contribution in [0.3, 0.4) is 0 Å². The molecular weight excluding hydrogens is 335 g/mol. The molecule has 5 nitrogen and oxygen atoms in total. The van der Waals surface area contributed by atoms with Crippen molar-refractivity contribution >= 4 is 35.4 Å². The summed E-state index contributed by atoms with van der Waals surface area (Å²) in [7, 11) is 0. The van der Waals surface area contributed by atoms with Crippen LogP contribution in [0.1, 0.15) is 23.7 Å². The minimum atomic E-state index is -0.392. The fraction of sp³-hybridized carbons (Fsp3) is 0.231. The van der Waals surface area contributed by atoms with Crippen LogP contribution in [0.5, 0.6) is 11.5 Å². The van der Waals surface area contributed by atoms with Crippen molar-refractivity contribution in [3.63, 3.8) is 0 Å². The number of phenols is 2. The van der Waals surface area contributed by atoms with E-state index >= 15 is 0 Å². The van der Waals surface area contributed by atoms with Gasteiger partial charge in [0.05, 0.1) is 5.02 Å². The molecule has 0 aliphatic rings. The maximum absolute atomic E-state index is 12.0. The quantitative estimate of drug-likeness (QED) is 0.642. The van der Waals surface area contributed by atoms with Crippen LogP contribution >= 0.6 is 35.4 Å². The second kappa shape index (κ2) is 6.09. The number of rotatable bonds is 3. The molecule has 0 spiro atoms. The Labute approximate surface area is 135 Å². The number of aromatic hydroxyl groups is 2. The van der Waals surface area contributed by atoms with Gasteiger partial charge < -0.3 is 15.2 Å². The molecule has 1 aromatic heterocycles. The summed E-state index contributed by atoms with van der Waals surface area (Å²) < 4.78 is 0.242. The number of hydrogen-bond acceptors (Lipinski definition) is 4. The van der Waals surface area contributed by atoms with Crippen molar-refractivity contribution in [1.82, 2.24) is 9.97 Å². The SMILES string of the molecule is CCc1[nH]c(=S)[nH]c(=O)c1Cc1cc(Cl)c(O)c(Cl)c1O. The summed E-state index contributed by atoms with van der Waals surface area (Å²) in [6, 6.07) is 1.37. The Hall–Kier alpha value is -1.50. The zero-order chi connectivity index (χ0) is 15.7. The Morgan fingerprint density at radius 1 is 1.24 bits per heavy atom. The predicted molar refractivity (Wildman–Crippen MR) is 84.2 cm³/mol. The molecular formula is C13H12Cl2N2O3S. The van der Waals surface area contributed by atoms with Gasteiger partial charge in [-0.25, -0.2) is 0 Å². The molecule has 2 rings (SSSR count). The molecule has 0 amide bonds. The van der Waals surface area contributed by atoms with Gasteiger partial charge in [-0.15, -0.1) is 0 Å². The lowest BCUT2D eigenvalue weighted by atomic mass is 10.0. The molecule has 0 unspecified atom stereocenters. The molecule has 0 bridgehead atoms. The number of aryl methyl sites for hydroxylation is 1. The van der Waals surface area contributed by atoms with Gasteiger partial charge >= 0.3 is 0 Å². The van der Waals surface area contributed by atoms with Crippen LogP contribution in [0.15, 0.2) is 10.9 Å². The van der Waals surface area contributed by atoms with Crippen LogP contribution in [-0.2, 0) is 12.8 Å². The van der Waals surface area contributed by atoms with Gasteiger partial charge in [-0.3, -0.25) is 9.78 Å². The van der Waals surface area contributed by atoms with E-state index in [4.69, 9.17) is 35.4 Å². The molecule has 4 N–H and O–H groups in total. The summed E-state index contributed by atoms with van der Waals surface area (Å²) in [5.41, 5.74) is 1.10. The molecule has 0 aliphatic heterocycles. The molecule has 0 atom stereocenters. The molecule has 1 aromatic carbocycles. The highest BCUT2D eigenvalue weighted by atomic mass is 35.5. The summed E-state index contributed by atoms with van der Waals surface area (Å²) >= 11 is 16.6. The zero-order valence-electron chi connectivity index (χ0n) is 11.0. The van der Waals surface area contributed by atoms with Crippen LogP contribution in [0.4, 0.5) is 0 Å². The van der Waals surface area contributed by atoms with Crippen molar-refractivity contribution in [2.75, 3.05) is 0 Å². The highest BCUT2D eigenvalue weighted by Crippen LogP contribution is 2.41. The van der Waals surface area contributed by atoms with Gasteiger partial charge in [0.1, 0.15) is 10.8 Å². The number of aromatic amines is 2. The monoisotopic (exact) mass is 346 g/mol. The maximum atomic E-state index is 12.0. The number of hydrogen-bond donors (Lipinski definition) is 4. The van der Waals surface area contributed by atoms with Gasteiger partial charge in [0.15, 0.2) is 10.5 Å². The third-order valence-corrected chi connectivity index (χ3v) is 3.95. The second-order valence-corrected chi connectivity index (χ2v) is 5.62. The first-order chi connectivity index (χ1) is 9.85. The summed E-state index contributed by atoms with van der Waals surface area (Å²) in [6.45, 7) is 1.88. The van der Waals surface area contributed by atoms with E-state index in [9.17, 15) is 15.0 Å². The lowest BCUT2D eigenvalue weighted by Crippen LogP contribution is -2.18. The third kappa shape index (κ3) is 3.07. The summed E-state index contributed by atoms with van der Waals surface area (Å²) in [5.74, 6) is -0.695. The highest BCUT2D eigenvalue weighted by Gasteiger charge is 2.17. The van der Waals surface area contributed by atoms with Gasteiger partial charge in [0, 0.05) is 23.2 Å². The number of nitrogens with one attached hydrogen (secondary N) is 2. The van der Waals surface area contributed by atoms with Crippen LogP contribution in [0, 0.1) is 4.77 Å². The fourth-order valence-electron chi connectivity index (χ4n) is 2.02. The Bertz CT molecular complexity index is 814. The first-order valence-corrected chi connectivity index (χ1v) is 7.24. The number of phenolic OH excluding ortho intramolecular Hbond substituents is 2. The van der Waals surface area contributed by atoms with Gasteiger partial charge in [-0.05, 0) is 24.7 Å². The van der Waals surface area contributed by atoms with Crippen molar-refractivity contribution < 1.29 is 10.2 Å². The fourth-order valence-corrected chi connectivity index (χ4v) is 2.73. The molecule has 8 heteroatoms. The van der Waals surface area contributed by atoms with E-state index in [1.807, 2.05) is 6.92 Å². The summed E-state index contributed by atoms with van der Waals surface area (Å²) in [4.78, 5) is 17.4. The van der Waals surface area contributed by atoms with Crippen molar-refractivity contribution in [3.8, 4) is 11.5 Å². The van der Waals surface area contributed by atoms with E-state index in [0.717, 1.165) is 0 Å². The lowest BCUT2D eigenvalue weighted by molar-refractivity contribution is 0.447. The van der Waals surface area contributed by atoms with E-state index < -0.39 is 5.75 Å².